The zero-order valence-corrected chi connectivity index (χ0v) is 12.5. The molecule has 22 heavy (non-hydrogen) atoms. The minimum absolute atomic E-state index is 0.111. The Morgan fingerprint density at radius 3 is 2.82 bits per heavy atom. The number of ether oxygens (including phenoxy) is 1. The number of nitrogens with zero attached hydrogens (tertiary/aromatic N) is 2. The first kappa shape index (κ1) is 15.7. The fraction of sp³-hybridized carbons (Fsp3) is 0.357. The van der Waals surface area contributed by atoms with Crippen molar-refractivity contribution >= 4 is 11.7 Å². The van der Waals surface area contributed by atoms with Crippen molar-refractivity contribution in [2.24, 2.45) is 0 Å². The fourth-order valence-corrected chi connectivity index (χ4v) is 1.88. The molecule has 2 aromatic rings. The molecule has 1 atom stereocenters. The Balaban J connectivity index is 2.01. The zero-order chi connectivity index (χ0) is 16.1. The van der Waals surface area contributed by atoms with Crippen molar-refractivity contribution in [1.82, 2.24) is 15.5 Å². The number of aryl methyl sites for hydroxylation is 1. The minimum atomic E-state index is -0.555. The summed E-state index contributed by atoms with van der Waals surface area (Å²) in [5.41, 5.74) is 0.315. The van der Waals surface area contributed by atoms with Gasteiger partial charge in [0.2, 0.25) is 5.89 Å². The van der Waals surface area contributed by atoms with E-state index in [1.165, 1.54) is 19.2 Å². The summed E-state index contributed by atoms with van der Waals surface area (Å²) >= 11 is 0. The first-order chi connectivity index (χ1) is 10.5. The summed E-state index contributed by atoms with van der Waals surface area (Å²) in [7, 11) is 1.37. The van der Waals surface area contributed by atoms with E-state index in [1.807, 2.05) is 6.92 Å². The lowest BCUT2D eigenvalue weighted by atomic mass is 10.2. The number of hydrogen-bond donors (Lipinski definition) is 2. The molecule has 0 aliphatic rings. The van der Waals surface area contributed by atoms with E-state index < -0.39 is 11.8 Å². The largest absolute Gasteiger partial charge is 0.494 e. The van der Waals surface area contributed by atoms with Crippen LogP contribution in [0.1, 0.15) is 31.1 Å². The number of benzene rings is 1. The van der Waals surface area contributed by atoms with Gasteiger partial charge in [0.25, 0.3) is 0 Å². The van der Waals surface area contributed by atoms with Crippen LogP contribution in [0.3, 0.4) is 0 Å². The van der Waals surface area contributed by atoms with Crippen LogP contribution in [0.2, 0.25) is 0 Å². The second kappa shape index (κ2) is 6.88. The van der Waals surface area contributed by atoms with Gasteiger partial charge in [-0.2, -0.15) is 4.98 Å². The fourth-order valence-electron chi connectivity index (χ4n) is 1.88. The molecular formula is C14H17FN4O3. The van der Waals surface area contributed by atoms with E-state index in [9.17, 15) is 9.18 Å². The monoisotopic (exact) mass is 308 g/mol. The lowest BCUT2D eigenvalue weighted by Crippen LogP contribution is -2.32. The van der Waals surface area contributed by atoms with Crippen LogP contribution in [0.4, 0.5) is 14.9 Å². The van der Waals surface area contributed by atoms with Crippen LogP contribution < -0.4 is 15.4 Å². The molecule has 1 aromatic heterocycles. The number of amides is 2. The normalized spacial score (nSPS) is 11.8. The predicted octanol–water partition coefficient (Wildman–Crippen LogP) is 2.80. The molecule has 8 heteroatoms. The number of halogens is 1. The molecule has 0 radical (unpaired) electrons. The smallest absolute Gasteiger partial charge is 0.319 e. The van der Waals surface area contributed by atoms with Gasteiger partial charge in [-0.15, -0.1) is 0 Å². The number of nitrogens with one attached hydrogen (secondary N) is 2. The molecule has 1 unspecified atom stereocenters. The molecule has 0 fully saturated rings. The van der Waals surface area contributed by atoms with Crippen molar-refractivity contribution in [3.05, 3.63) is 35.7 Å². The van der Waals surface area contributed by atoms with Gasteiger partial charge in [-0.05, 0) is 18.6 Å². The second-order valence-electron chi connectivity index (χ2n) is 4.58. The number of urea groups is 1. The van der Waals surface area contributed by atoms with Crippen LogP contribution in [0.15, 0.2) is 22.7 Å². The van der Waals surface area contributed by atoms with Crippen molar-refractivity contribution in [2.45, 2.75) is 26.3 Å². The van der Waals surface area contributed by atoms with Gasteiger partial charge in [0.05, 0.1) is 13.2 Å². The maximum absolute atomic E-state index is 13.6. The highest BCUT2D eigenvalue weighted by Crippen LogP contribution is 2.21. The molecule has 0 saturated carbocycles. The van der Waals surface area contributed by atoms with Crippen molar-refractivity contribution in [2.75, 3.05) is 12.4 Å². The quantitative estimate of drug-likeness (QED) is 0.886. The Morgan fingerprint density at radius 2 is 2.27 bits per heavy atom. The lowest BCUT2D eigenvalue weighted by molar-refractivity contribution is 0.247. The molecule has 1 aromatic carbocycles. The van der Waals surface area contributed by atoms with Gasteiger partial charge < -0.3 is 19.9 Å². The summed E-state index contributed by atoms with van der Waals surface area (Å²) in [5.74, 6) is 0.379. The van der Waals surface area contributed by atoms with Gasteiger partial charge in [0.15, 0.2) is 17.4 Å². The highest BCUT2D eigenvalue weighted by atomic mass is 19.1. The first-order valence-corrected chi connectivity index (χ1v) is 6.74. The maximum atomic E-state index is 13.6. The molecule has 2 rings (SSSR count). The maximum Gasteiger partial charge on any atom is 0.319 e. The molecule has 0 spiro atoms. The van der Waals surface area contributed by atoms with Crippen LogP contribution in [0.5, 0.6) is 5.75 Å². The molecule has 0 aliphatic carbocycles. The average molecular weight is 308 g/mol. The van der Waals surface area contributed by atoms with Crippen molar-refractivity contribution in [1.29, 1.82) is 0 Å². The lowest BCUT2D eigenvalue weighted by Gasteiger charge is -2.14. The summed E-state index contributed by atoms with van der Waals surface area (Å²) in [4.78, 5) is 16.0. The van der Waals surface area contributed by atoms with Crippen LogP contribution >= 0.6 is 0 Å². The highest BCUT2D eigenvalue weighted by Gasteiger charge is 2.18. The SMILES string of the molecule is CCC(NC(=O)Nc1ccc(OC)c(F)c1)c1noc(C)n1. The van der Waals surface area contributed by atoms with Crippen molar-refractivity contribution in [3.8, 4) is 5.75 Å². The Labute approximate surface area is 126 Å². The predicted molar refractivity (Wildman–Crippen MR) is 77.2 cm³/mol. The Kier molecular flexibility index (Phi) is 4.92. The number of methoxy groups -OCH3 is 1. The van der Waals surface area contributed by atoms with Gasteiger partial charge in [0, 0.05) is 18.7 Å². The molecule has 118 valence electrons. The number of carbonyl (C=O) groups is 1. The number of anilines is 1. The molecule has 0 saturated heterocycles. The van der Waals surface area contributed by atoms with Gasteiger partial charge in [-0.3, -0.25) is 0 Å². The van der Waals surface area contributed by atoms with Crippen molar-refractivity contribution in [3.63, 3.8) is 0 Å². The van der Waals surface area contributed by atoms with E-state index in [2.05, 4.69) is 20.8 Å². The molecular weight excluding hydrogens is 291 g/mol. The summed E-state index contributed by atoms with van der Waals surface area (Å²) in [6.07, 6.45) is 0.587. The van der Waals surface area contributed by atoms with E-state index in [4.69, 9.17) is 9.26 Å². The highest BCUT2D eigenvalue weighted by molar-refractivity contribution is 5.89. The van der Waals surface area contributed by atoms with E-state index in [0.29, 0.717) is 23.8 Å². The number of aromatic nitrogens is 2. The number of rotatable bonds is 5. The Morgan fingerprint density at radius 1 is 1.50 bits per heavy atom. The standard InChI is InChI=1S/C14H17FN4O3/c1-4-11(13-16-8(2)22-19-13)18-14(20)17-9-5-6-12(21-3)10(15)7-9/h5-7,11H,4H2,1-3H3,(H2,17,18,20). The zero-order valence-electron chi connectivity index (χ0n) is 12.5. The Bertz CT molecular complexity index is 659. The van der Waals surface area contributed by atoms with Crippen molar-refractivity contribution < 1.29 is 18.4 Å². The van der Waals surface area contributed by atoms with Crippen LogP contribution in [0, 0.1) is 12.7 Å². The second-order valence-corrected chi connectivity index (χ2v) is 4.58. The summed E-state index contributed by atoms with van der Waals surface area (Å²) in [6.45, 7) is 3.55. The summed E-state index contributed by atoms with van der Waals surface area (Å²) in [6, 6.07) is 3.28. The third kappa shape index (κ3) is 3.72. The molecule has 7 nitrogen and oxygen atoms in total. The summed E-state index contributed by atoms with van der Waals surface area (Å²) < 4.78 is 23.3. The van der Waals surface area contributed by atoms with Crippen LogP contribution in [-0.4, -0.2) is 23.3 Å². The summed E-state index contributed by atoms with van der Waals surface area (Å²) in [5, 5.41) is 9.03. The van der Waals surface area contributed by atoms with E-state index in [-0.39, 0.29) is 11.8 Å². The molecule has 2 N–H and O–H groups in total. The first-order valence-electron chi connectivity index (χ1n) is 6.74. The van der Waals surface area contributed by atoms with Gasteiger partial charge in [-0.1, -0.05) is 12.1 Å². The third-order valence-electron chi connectivity index (χ3n) is 2.98. The minimum Gasteiger partial charge on any atom is -0.494 e. The Hall–Kier alpha value is -2.64. The average Bonchev–Trinajstić information content (AvgIpc) is 2.91. The van der Waals surface area contributed by atoms with E-state index in [1.54, 1.807) is 13.0 Å². The van der Waals surface area contributed by atoms with E-state index in [0.717, 1.165) is 0 Å². The number of carbonyl (C=O) groups excluding carboxylic acids is 1. The van der Waals surface area contributed by atoms with Crippen LogP contribution in [0.25, 0.3) is 0 Å². The molecule has 2 amide bonds. The third-order valence-corrected chi connectivity index (χ3v) is 2.98. The topological polar surface area (TPSA) is 89.3 Å². The number of hydrogen-bond acceptors (Lipinski definition) is 5. The van der Waals surface area contributed by atoms with Crippen LogP contribution in [-0.2, 0) is 0 Å². The van der Waals surface area contributed by atoms with Gasteiger partial charge in [-0.25, -0.2) is 9.18 Å². The molecule has 0 aliphatic heterocycles. The van der Waals surface area contributed by atoms with E-state index >= 15 is 0 Å². The van der Waals surface area contributed by atoms with Gasteiger partial charge in [0.1, 0.15) is 0 Å². The van der Waals surface area contributed by atoms with Gasteiger partial charge >= 0.3 is 6.03 Å². The molecule has 1 heterocycles. The molecule has 0 bridgehead atoms.